The number of carboxylic acids is 1. The molecule has 1 amide bonds. The lowest BCUT2D eigenvalue weighted by Gasteiger charge is -2.15. The van der Waals surface area contributed by atoms with Gasteiger partial charge in [-0.2, -0.15) is 4.73 Å². The minimum Gasteiger partial charge on any atom is -0.619 e. The Bertz CT molecular complexity index is 1330. The minimum atomic E-state index is -0.994. The Morgan fingerprint density at radius 3 is 2.16 bits per heavy atom. The Hall–Kier alpha value is -4.50. The molecule has 0 bridgehead atoms. The van der Waals surface area contributed by atoms with Crippen molar-refractivity contribution in [3.8, 4) is 28.1 Å². The second kappa shape index (κ2) is 8.32. The van der Waals surface area contributed by atoms with Crippen LogP contribution >= 0.6 is 0 Å². The summed E-state index contributed by atoms with van der Waals surface area (Å²) in [5.41, 5.74) is 4.83. The average molecular weight is 431 g/mol. The van der Waals surface area contributed by atoms with Crippen LogP contribution in [0.15, 0.2) is 67.0 Å². The monoisotopic (exact) mass is 431 g/mol. The Kier molecular flexibility index (Phi) is 5.40. The molecule has 3 N–H and O–H groups in total. The van der Waals surface area contributed by atoms with Gasteiger partial charge in [0.15, 0.2) is 18.1 Å². The topological polar surface area (TPSA) is 136 Å². The minimum absolute atomic E-state index is 0.0199. The summed E-state index contributed by atoms with van der Waals surface area (Å²) >= 11 is 0. The lowest BCUT2D eigenvalue weighted by molar-refractivity contribution is -0.603. The molecule has 2 aromatic heterocycles. The number of nitrogens with zero attached hydrogens (tertiary/aromatic N) is 2. The van der Waals surface area contributed by atoms with E-state index < -0.39 is 11.9 Å². The molecule has 32 heavy (non-hydrogen) atoms. The van der Waals surface area contributed by atoms with Crippen molar-refractivity contribution in [2.45, 2.75) is 0 Å². The first-order valence-corrected chi connectivity index (χ1v) is 9.42. The summed E-state index contributed by atoms with van der Waals surface area (Å²) in [6.45, 7) is 0. The standard InChI is InChI=1S/C23H17N3O6/c1-32-21-19(22(27)25-30)17-12-26(31)11-10-18(17)24-20(21)15-6-2-13(3-7-15)14-4-8-16(9-5-14)23(28)29/h2-12,30H,1H3,(H,25,27)(H,28,29). The average Bonchev–Trinajstić information content (AvgIpc) is 2.82. The number of hydrogen-bond donors (Lipinski definition) is 3. The molecule has 9 heteroatoms. The molecule has 0 unspecified atom stereocenters. The summed E-state index contributed by atoms with van der Waals surface area (Å²) < 4.78 is 5.98. The first-order chi connectivity index (χ1) is 15.4. The van der Waals surface area contributed by atoms with Gasteiger partial charge in [0.2, 0.25) is 0 Å². The molecule has 2 aromatic carbocycles. The van der Waals surface area contributed by atoms with E-state index in [1.165, 1.54) is 37.7 Å². The van der Waals surface area contributed by atoms with Gasteiger partial charge < -0.3 is 15.1 Å². The van der Waals surface area contributed by atoms with Crippen LogP contribution in [0.4, 0.5) is 0 Å². The van der Waals surface area contributed by atoms with E-state index in [1.807, 2.05) is 12.1 Å². The SMILES string of the molecule is COc1c(-c2ccc(-c3ccc(C(=O)O)cc3)cc2)nc2cc[n+]([O-])cc2c1C(=O)NO. The summed E-state index contributed by atoms with van der Waals surface area (Å²) in [7, 11) is 1.37. The highest BCUT2D eigenvalue weighted by Crippen LogP contribution is 2.36. The number of hydroxylamine groups is 1. The molecule has 0 radical (unpaired) electrons. The number of hydrogen-bond acceptors (Lipinski definition) is 6. The third-order valence-electron chi connectivity index (χ3n) is 5.01. The van der Waals surface area contributed by atoms with Gasteiger partial charge in [0.25, 0.3) is 5.91 Å². The summed E-state index contributed by atoms with van der Waals surface area (Å²) in [6, 6.07) is 15.2. The highest BCUT2D eigenvalue weighted by Gasteiger charge is 2.24. The van der Waals surface area contributed by atoms with Gasteiger partial charge in [0.1, 0.15) is 11.3 Å². The van der Waals surface area contributed by atoms with Crippen molar-refractivity contribution in [3.63, 3.8) is 0 Å². The van der Waals surface area contributed by atoms with E-state index in [1.54, 1.807) is 29.7 Å². The number of methoxy groups -OCH3 is 1. The molecule has 0 atom stereocenters. The Balaban J connectivity index is 1.83. The number of carboxylic acid groups (broad SMARTS) is 1. The molecule has 0 aliphatic rings. The second-order valence-electron chi connectivity index (χ2n) is 6.87. The van der Waals surface area contributed by atoms with Crippen LogP contribution in [0.3, 0.4) is 0 Å². The fourth-order valence-electron chi connectivity index (χ4n) is 3.47. The fraction of sp³-hybridized carbons (Fsp3) is 0.0435. The smallest absolute Gasteiger partial charge is 0.335 e. The first-order valence-electron chi connectivity index (χ1n) is 9.42. The Labute approximate surface area is 181 Å². The van der Waals surface area contributed by atoms with Gasteiger partial charge in [-0.15, -0.1) is 0 Å². The van der Waals surface area contributed by atoms with Crippen LogP contribution in [0.1, 0.15) is 20.7 Å². The fourth-order valence-corrected chi connectivity index (χ4v) is 3.47. The second-order valence-corrected chi connectivity index (χ2v) is 6.87. The number of amides is 1. The van der Waals surface area contributed by atoms with Gasteiger partial charge in [-0.25, -0.2) is 15.3 Å². The van der Waals surface area contributed by atoms with Crippen LogP contribution in [0.25, 0.3) is 33.3 Å². The number of ether oxygens (including phenoxy) is 1. The maximum atomic E-state index is 12.4. The number of benzene rings is 2. The van der Waals surface area contributed by atoms with Crippen molar-refractivity contribution in [3.05, 3.63) is 83.3 Å². The van der Waals surface area contributed by atoms with E-state index in [-0.39, 0.29) is 22.3 Å². The maximum Gasteiger partial charge on any atom is 0.335 e. The molecule has 0 spiro atoms. The summed E-state index contributed by atoms with van der Waals surface area (Å²) in [5.74, 6) is -1.72. The Morgan fingerprint density at radius 2 is 1.59 bits per heavy atom. The Morgan fingerprint density at radius 1 is 1.00 bits per heavy atom. The summed E-state index contributed by atoms with van der Waals surface area (Å²) in [5, 5.41) is 30.2. The van der Waals surface area contributed by atoms with Crippen LogP contribution in [0.5, 0.6) is 5.75 Å². The van der Waals surface area contributed by atoms with E-state index >= 15 is 0 Å². The van der Waals surface area contributed by atoms with Gasteiger partial charge in [0, 0.05) is 11.6 Å². The quantitative estimate of drug-likeness (QED) is 0.191. The van der Waals surface area contributed by atoms with E-state index in [0.29, 0.717) is 21.5 Å². The van der Waals surface area contributed by atoms with Crippen LogP contribution in [0.2, 0.25) is 0 Å². The lowest BCUT2D eigenvalue weighted by atomic mass is 9.99. The molecule has 2 heterocycles. The van der Waals surface area contributed by atoms with E-state index in [0.717, 1.165) is 11.1 Å². The molecular formula is C23H17N3O6. The van der Waals surface area contributed by atoms with Gasteiger partial charge >= 0.3 is 5.97 Å². The molecule has 9 nitrogen and oxygen atoms in total. The third-order valence-corrected chi connectivity index (χ3v) is 5.01. The normalized spacial score (nSPS) is 10.7. The van der Waals surface area contributed by atoms with Gasteiger partial charge in [-0.3, -0.25) is 10.0 Å². The zero-order valence-corrected chi connectivity index (χ0v) is 16.8. The van der Waals surface area contributed by atoms with Crippen LogP contribution in [-0.2, 0) is 0 Å². The molecule has 4 aromatic rings. The van der Waals surface area contributed by atoms with Crippen molar-refractivity contribution < 1.29 is 29.4 Å². The van der Waals surface area contributed by atoms with Crippen molar-refractivity contribution in [1.82, 2.24) is 10.5 Å². The predicted molar refractivity (Wildman–Crippen MR) is 114 cm³/mol. The number of nitrogens with one attached hydrogen (secondary N) is 1. The van der Waals surface area contributed by atoms with Crippen molar-refractivity contribution in [2.24, 2.45) is 0 Å². The lowest BCUT2D eigenvalue weighted by Crippen LogP contribution is -2.26. The molecule has 0 aliphatic carbocycles. The number of rotatable bonds is 5. The molecule has 4 rings (SSSR count). The van der Waals surface area contributed by atoms with E-state index in [9.17, 15) is 20.0 Å². The number of aromatic carboxylic acids is 1. The predicted octanol–water partition coefficient (Wildman–Crippen LogP) is 3.03. The third kappa shape index (κ3) is 3.68. The van der Waals surface area contributed by atoms with Crippen molar-refractivity contribution >= 4 is 22.8 Å². The van der Waals surface area contributed by atoms with E-state index in [2.05, 4.69) is 4.98 Å². The number of pyridine rings is 2. The molecule has 160 valence electrons. The maximum absolute atomic E-state index is 12.4. The zero-order chi connectivity index (χ0) is 22.8. The summed E-state index contributed by atoms with van der Waals surface area (Å²) in [6.07, 6.45) is 2.44. The van der Waals surface area contributed by atoms with Gasteiger partial charge in [0.05, 0.1) is 23.6 Å². The van der Waals surface area contributed by atoms with E-state index in [4.69, 9.17) is 9.84 Å². The highest BCUT2D eigenvalue weighted by molar-refractivity contribution is 6.09. The number of aromatic nitrogens is 2. The molecule has 0 aliphatic heterocycles. The van der Waals surface area contributed by atoms with Gasteiger partial charge in [-0.1, -0.05) is 36.4 Å². The van der Waals surface area contributed by atoms with Crippen molar-refractivity contribution in [2.75, 3.05) is 7.11 Å². The first kappa shape index (κ1) is 20.8. The largest absolute Gasteiger partial charge is 0.619 e. The molecule has 0 saturated carbocycles. The van der Waals surface area contributed by atoms with Crippen molar-refractivity contribution in [1.29, 1.82) is 0 Å². The zero-order valence-electron chi connectivity index (χ0n) is 16.8. The number of carbonyl (C=O) groups is 2. The van der Waals surface area contributed by atoms with Crippen LogP contribution < -0.4 is 14.9 Å². The number of fused-ring (bicyclic) bond motifs is 1. The molecular weight excluding hydrogens is 414 g/mol. The molecule has 0 fully saturated rings. The van der Waals surface area contributed by atoms with Crippen LogP contribution in [-0.4, -0.2) is 34.3 Å². The van der Waals surface area contributed by atoms with Crippen LogP contribution in [0, 0.1) is 5.21 Å². The number of carbonyl (C=O) groups excluding carboxylic acids is 1. The summed E-state index contributed by atoms with van der Waals surface area (Å²) in [4.78, 5) is 28.0. The highest BCUT2D eigenvalue weighted by atomic mass is 16.5. The van der Waals surface area contributed by atoms with Gasteiger partial charge in [-0.05, 0) is 23.3 Å². The molecule has 0 saturated heterocycles.